The van der Waals surface area contributed by atoms with E-state index in [2.05, 4.69) is 124 Å². The topological polar surface area (TPSA) is 53.0 Å². The summed E-state index contributed by atoms with van der Waals surface area (Å²) in [6.45, 7) is 24.3. The van der Waals surface area contributed by atoms with Crippen LogP contribution in [0.15, 0.2) is 48.5 Å². The molecule has 0 unspecified atom stereocenters. The third-order valence-electron chi connectivity index (χ3n) is 6.56. The van der Waals surface area contributed by atoms with Crippen molar-refractivity contribution < 1.29 is 29.4 Å². The number of aliphatic carboxylic acids is 1. The second-order valence-corrected chi connectivity index (χ2v) is 10.5. The van der Waals surface area contributed by atoms with Gasteiger partial charge < -0.3 is 19.6 Å². The van der Waals surface area contributed by atoms with Gasteiger partial charge in [0.25, 0.3) is 0 Å². The van der Waals surface area contributed by atoms with Crippen molar-refractivity contribution in [2.75, 3.05) is 22.9 Å². The molecule has 0 bridgehead atoms. The predicted molar refractivity (Wildman–Crippen MR) is 168 cm³/mol. The number of benzene rings is 3. The number of carboxylic acid groups (broad SMARTS) is 1. The average Bonchev–Trinajstić information content (AvgIpc) is 3.29. The van der Waals surface area contributed by atoms with Gasteiger partial charge in [0, 0.05) is 30.2 Å². The van der Waals surface area contributed by atoms with E-state index in [-0.39, 0.29) is 0 Å². The molecule has 1 saturated heterocycles. The van der Waals surface area contributed by atoms with Gasteiger partial charge in [-0.05, 0) is 77.6 Å². The van der Waals surface area contributed by atoms with E-state index in [0.29, 0.717) is 11.3 Å². The van der Waals surface area contributed by atoms with E-state index in [1.807, 2.05) is 6.07 Å². The number of carboxylic acids is 1. The number of nitrogens with zero attached hydrogens (tertiary/aromatic N) is 2. The van der Waals surface area contributed by atoms with Crippen LogP contribution in [0.2, 0.25) is 0 Å². The fourth-order valence-electron chi connectivity index (χ4n) is 5.01. The second kappa shape index (κ2) is 14.4. The molecule has 0 amide bonds. The van der Waals surface area contributed by atoms with Crippen molar-refractivity contribution in [1.82, 2.24) is 0 Å². The number of hydrogen-bond acceptors (Lipinski definition) is 4. The number of anilines is 2. The van der Waals surface area contributed by atoms with Gasteiger partial charge in [-0.25, -0.2) is 4.79 Å². The van der Waals surface area contributed by atoms with Gasteiger partial charge in [0.15, 0.2) is 5.60 Å². The van der Waals surface area contributed by atoms with Gasteiger partial charge in [-0.3, -0.25) is 0 Å². The molecule has 1 aliphatic rings. The van der Waals surface area contributed by atoms with Gasteiger partial charge in [-0.1, -0.05) is 47.5 Å². The summed E-state index contributed by atoms with van der Waals surface area (Å²) >= 11 is 4.40. The molecule has 5 nitrogen and oxygen atoms in total. The van der Waals surface area contributed by atoms with Crippen molar-refractivity contribution in [2.24, 2.45) is 0 Å². The molecule has 4 rings (SSSR count). The molecule has 39 heavy (non-hydrogen) atoms. The van der Waals surface area contributed by atoms with Crippen LogP contribution in [0.25, 0.3) is 0 Å². The summed E-state index contributed by atoms with van der Waals surface area (Å²) in [4.78, 5) is 15.6. The Morgan fingerprint density at radius 3 is 1.62 bits per heavy atom. The summed E-state index contributed by atoms with van der Waals surface area (Å²) in [5.74, 6) is -0.499. The Morgan fingerprint density at radius 2 is 1.26 bits per heavy atom. The van der Waals surface area contributed by atoms with Gasteiger partial charge in [-0.15, -0.1) is 6.07 Å². The Labute approximate surface area is 255 Å². The minimum absolute atomic E-state index is 0.500. The maximum absolute atomic E-state index is 10.8. The summed E-state index contributed by atoms with van der Waals surface area (Å²) in [5.41, 5.74) is 10.3. The third-order valence-corrected chi connectivity index (χ3v) is 6.56. The summed E-state index contributed by atoms with van der Waals surface area (Å²) in [5, 5.41) is 8.85. The molecule has 211 valence electrons. The van der Waals surface area contributed by atoms with Crippen LogP contribution >= 0.6 is 19.8 Å². The molecule has 0 radical (unpaired) electrons. The van der Waals surface area contributed by atoms with Crippen LogP contribution in [-0.4, -0.2) is 29.8 Å². The van der Waals surface area contributed by atoms with Crippen molar-refractivity contribution in [3.63, 3.8) is 0 Å². The summed E-state index contributed by atoms with van der Waals surface area (Å²) in [6, 6.07) is 16.2. The molecule has 0 aliphatic carbocycles. The van der Waals surface area contributed by atoms with Crippen LogP contribution in [0.4, 0.5) is 11.4 Å². The van der Waals surface area contributed by atoms with Crippen molar-refractivity contribution in [3.8, 4) is 5.75 Å². The summed E-state index contributed by atoms with van der Waals surface area (Å²) in [7, 11) is 0. The van der Waals surface area contributed by atoms with E-state index in [9.17, 15) is 4.79 Å². The van der Waals surface area contributed by atoms with E-state index in [1.54, 1.807) is 18.2 Å². The van der Waals surface area contributed by atoms with Crippen LogP contribution in [0.5, 0.6) is 5.75 Å². The zero-order valence-electron chi connectivity index (χ0n) is 24.2. The molecule has 3 aromatic rings. The van der Waals surface area contributed by atoms with Crippen molar-refractivity contribution in [3.05, 3.63) is 101 Å². The number of hydrogen-bond donors (Lipinski definition) is 1. The molecule has 0 atom stereocenters. The van der Waals surface area contributed by atoms with Gasteiger partial charge in [0.05, 0.1) is 0 Å². The summed E-state index contributed by atoms with van der Waals surface area (Å²) < 4.78 is 5.33. The third kappa shape index (κ3) is 8.62. The first-order valence-corrected chi connectivity index (χ1v) is 18.0. The zero-order chi connectivity index (χ0) is 29.5. The molecule has 1 aliphatic heterocycles. The normalized spacial score (nSPS) is 12.7. The number of rotatable bonds is 5. The molecule has 1 N–H and O–H groups in total. The van der Waals surface area contributed by atoms with Gasteiger partial charge in [0.2, 0.25) is 0 Å². The molecule has 7 heteroatoms. The Balaban J connectivity index is 0.000000287. The molecule has 0 saturated carbocycles. The molecule has 1 fully saturated rings. The van der Waals surface area contributed by atoms with E-state index in [4.69, 9.17) is 9.84 Å². The molecule has 0 spiro atoms. The van der Waals surface area contributed by atoms with Crippen LogP contribution in [0.1, 0.15) is 52.8 Å². The number of carbonyl (C=O) groups is 1. The number of ether oxygens (including phenoxy) is 1. The Morgan fingerprint density at radius 1 is 0.872 bits per heavy atom. The van der Waals surface area contributed by atoms with Gasteiger partial charge in [0.1, 0.15) is 0 Å². The fraction of sp³-hybridized carbons (Fsp3) is 0.344. The Kier molecular flexibility index (Phi) is 12.2. The Bertz CT molecular complexity index is 1180. The number of aryl methyl sites for hydroxylation is 6. The van der Waals surface area contributed by atoms with Gasteiger partial charge >= 0.3 is 40.5 Å². The quantitative estimate of drug-likeness (QED) is 0.164. The zero-order valence-corrected chi connectivity index (χ0v) is 28.1. The van der Waals surface area contributed by atoms with Crippen molar-refractivity contribution in [1.29, 1.82) is 0 Å². The summed E-state index contributed by atoms with van der Waals surface area (Å²) in [6.07, 6.45) is 0. The molecule has 0 aromatic heterocycles. The minimum atomic E-state index is -1.23. The maximum atomic E-state index is 10.8. The molecule has 3 aromatic carbocycles. The van der Waals surface area contributed by atoms with Gasteiger partial charge in [-0.2, -0.15) is 25.2 Å². The average molecular weight is 729 g/mol. The Hall–Kier alpha value is -2.25. The second-order valence-electron chi connectivity index (χ2n) is 10.5. The fourth-order valence-corrected chi connectivity index (χ4v) is 5.01. The first-order valence-electron chi connectivity index (χ1n) is 12.8. The van der Waals surface area contributed by atoms with Crippen LogP contribution in [0.3, 0.4) is 0 Å². The predicted octanol–water partition coefficient (Wildman–Crippen LogP) is 7.98. The van der Waals surface area contributed by atoms with E-state index in [0.717, 1.165) is 13.1 Å². The van der Waals surface area contributed by atoms with Crippen molar-refractivity contribution in [2.45, 2.75) is 61.0 Å². The van der Waals surface area contributed by atoms with E-state index < -0.39 is 11.6 Å². The van der Waals surface area contributed by atoms with E-state index in [1.165, 1.54) is 58.6 Å². The first-order chi connectivity index (χ1) is 18.3. The molecular weight excluding hydrogens is 688 g/mol. The first kappa shape index (κ1) is 33.0. The number of halogens is 1. The SMILES string of the molecule is Cc1cc(C)c(N2[CH-]N(c3c(C)cc(C)cc3C)CC2)c(C)c1.[CH2-]c1ccccc1OC(C)(C)C(=O)O.[Ru+2][I]. The van der Waals surface area contributed by atoms with Crippen LogP contribution in [0, 0.1) is 55.1 Å². The number of para-hydroxylation sites is 1. The monoisotopic (exact) mass is 729 g/mol. The molecular formula is C32H40IN2O3Ru. The van der Waals surface area contributed by atoms with E-state index >= 15 is 0 Å². The van der Waals surface area contributed by atoms with Crippen LogP contribution in [-0.2, 0) is 19.6 Å². The standard InChI is InChI=1S/C21H27N2.C11H13O3.HI.Ru/c1-14-9-16(3)20(17(4)10-14)22-7-8-23(13-22)21-18(5)11-15(2)12-19(21)6;1-8-6-4-5-7-9(8)14-11(2,3)10(12)13;;/h9-13H,7-8H2,1-6H3;4-7H,1H2,2-3H3,(H,12,13);1H;/q2*-1;;+3/p-1. The van der Waals surface area contributed by atoms with Crippen molar-refractivity contribution >= 4 is 37.1 Å². The molecule has 1 heterocycles. The van der Waals surface area contributed by atoms with Crippen LogP contribution < -0.4 is 14.5 Å².